The minimum absolute atomic E-state index is 0.0848. The van der Waals surface area contributed by atoms with E-state index in [9.17, 15) is 22.7 Å². The van der Waals surface area contributed by atoms with Gasteiger partial charge in [0.2, 0.25) is 15.9 Å². The highest BCUT2D eigenvalue weighted by Gasteiger charge is 2.36. The molecule has 1 amide bonds. The van der Waals surface area contributed by atoms with Gasteiger partial charge in [-0.25, -0.2) is 17.8 Å². The number of ether oxygens (including phenoxy) is 1. The normalized spacial score (nSPS) is 20.1. The van der Waals surface area contributed by atoms with Gasteiger partial charge in [-0.3, -0.25) is 4.79 Å². The second-order valence-corrected chi connectivity index (χ2v) is 10.5. The van der Waals surface area contributed by atoms with Gasteiger partial charge in [0.05, 0.1) is 19.2 Å². The van der Waals surface area contributed by atoms with Crippen LogP contribution in [0.15, 0.2) is 47.5 Å². The number of fused-ring (bicyclic) bond motifs is 1. The Balaban J connectivity index is 1.99. The summed E-state index contributed by atoms with van der Waals surface area (Å²) in [5.41, 5.74) is 0.937. The number of carbonyl (C=O) groups excluding carboxylic acids is 1. The lowest BCUT2D eigenvalue weighted by atomic mass is 10.00. The van der Waals surface area contributed by atoms with Crippen LogP contribution in [-0.2, 0) is 10.0 Å². The predicted octanol–water partition coefficient (Wildman–Crippen LogP) is 2.79. The number of nitrogens with zero attached hydrogens (tertiary/aromatic N) is 3. The molecule has 8 nitrogen and oxygen atoms in total. The topological polar surface area (TPSA) is 100 Å². The number of aliphatic hydroxyl groups is 1. The fourth-order valence-electron chi connectivity index (χ4n) is 3.79. The summed E-state index contributed by atoms with van der Waals surface area (Å²) in [6.45, 7) is 5.32. The molecule has 0 saturated carbocycles. The van der Waals surface area contributed by atoms with E-state index in [2.05, 4.69) is 4.98 Å². The van der Waals surface area contributed by atoms with E-state index in [1.807, 2.05) is 19.9 Å². The number of pyridine rings is 1. The van der Waals surface area contributed by atoms with E-state index >= 15 is 0 Å². The van der Waals surface area contributed by atoms with Gasteiger partial charge in [-0.05, 0) is 37.6 Å². The molecular formula is C24H30FN3O5S. The van der Waals surface area contributed by atoms with Gasteiger partial charge in [-0.1, -0.05) is 31.2 Å². The number of halogens is 1. The SMILES string of the molecule is CC=Cc1cnc2c(c1)C(=O)N([C@@H](C)CO)C[C@@H](C)[C@H](CN(C)S(=O)(=O)c1ccccc1F)O2. The summed E-state index contributed by atoms with van der Waals surface area (Å²) in [6.07, 6.45) is 4.49. The van der Waals surface area contributed by atoms with Gasteiger partial charge in [0.25, 0.3) is 5.91 Å². The van der Waals surface area contributed by atoms with Crippen molar-refractivity contribution in [2.24, 2.45) is 5.92 Å². The molecule has 0 aliphatic carbocycles. The Labute approximate surface area is 199 Å². The molecule has 1 aliphatic heterocycles. The molecule has 0 unspecified atom stereocenters. The van der Waals surface area contributed by atoms with Crippen molar-refractivity contribution in [2.75, 3.05) is 26.7 Å². The number of hydrogen-bond donors (Lipinski definition) is 1. The molecule has 0 radical (unpaired) electrons. The number of aliphatic hydroxyl groups excluding tert-OH is 1. The first-order valence-electron chi connectivity index (χ1n) is 11.0. The fraction of sp³-hybridized carbons (Fsp3) is 0.417. The van der Waals surface area contributed by atoms with Gasteiger partial charge in [0, 0.05) is 25.7 Å². The van der Waals surface area contributed by atoms with Crippen molar-refractivity contribution in [3.8, 4) is 5.88 Å². The number of likely N-dealkylation sites (N-methyl/N-ethyl adjacent to an activating group) is 1. The largest absolute Gasteiger partial charge is 0.472 e. The molecule has 2 heterocycles. The van der Waals surface area contributed by atoms with Crippen molar-refractivity contribution >= 4 is 22.0 Å². The minimum Gasteiger partial charge on any atom is -0.472 e. The average molecular weight is 492 g/mol. The lowest BCUT2D eigenvalue weighted by molar-refractivity contribution is 0.0373. The molecule has 10 heteroatoms. The van der Waals surface area contributed by atoms with E-state index in [-0.39, 0.29) is 43.0 Å². The summed E-state index contributed by atoms with van der Waals surface area (Å²) >= 11 is 0. The summed E-state index contributed by atoms with van der Waals surface area (Å²) in [5.74, 6) is -1.39. The summed E-state index contributed by atoms with van der Waals surface area (Å²) in [4.78, 5) is 18.8. The summed E-state index contributed by atoms with van der Waals surface area (Å²) in [7, 11) is -2.76. The molecule has 1 aromatic carbocycles. The van der Waals surface area contributed by atoms with E-state index in [1.165, 1.54) is 25.2 Å². The van der Waals surface area contributed by atoms with Crippen molar-refractivity contribution in [1.82, 2.24) is 14.2 Å². The number of allylic oxidation sites excluding steroid dienone is 1. The van der Waals surface area contributed by atoms with Gasteiger partial charge in [-0.2, -0.15) is 4.31 Å². The van der Waals surface area contributed by atoms with Gasteiger partial charge in [0.1, 0.15) is 22.4 Å². The number of hydrogen-bond acceptors (Lipinski definition) is 6. The lowest BCUT2D eigenvalue weighted by Crippen LogP contribution is -2.50. The first kappa shape index (κ1) is 25.8. The number of amides is 1. The maximum Gasteiger partial charge on any atom is 0.259 e. The first-order chi connectivity index (χ1) is 16.1. The molecule has 1 N–H and O–H groups in total. The number of sulfonamides is 1. The summed E-state index contributed by atoms with van der Waals surface area (Å²) in [5, 5.41) is 9.74. The van der Waals surface area contributed by atoms with Gasteiger partial charge < -0.3 is 14.7 Å². The molecular weight excluding hydrogens is 461 g/mol. The van der Waals surface area contributed by atoms with Gasteiger partial charge >= 0.3 is 0 Å². The Morgan fingerprint density at radius 3 is 2.74 bits per heavy atom. The van der Waals surface area contributed by atoms with Crippen LogP contribution in [0.25, 0.3) is 6.08 Å². The number of rotatable bonds is 7. The molecule has 2 aromatic rings. The van der Waals surface area contributed by atoms with E-state index in [1.54, 1.807) is 30.2 Å². The number of carbonyl (C=O) groups is 1. The smallest absolute Gasteiger partial charge is 0.259 e. The third-order valence-corrected chi connectivity index (χ3v) is 7.72. The summed E-state index contributed by atoms with van der Waals surface area (Å²) < 4.78 is 47.4. The van der Waals surface area contributed by atoms with Gasteiger partial charge in [0.15, 0.2) is 0 Å². The minimum atomic E-state index is -4.12. The maximum absolute atomic E-state index is 14.2. The van der Waals surface area contributed by atoms with Crippen molar-refractivity contribution in [2.45, 2.75) is 37.8 Å². The number of aromatic nitrogens is 1. The van der Waals surface area contributed by atoms with E-state index in [4.69, 9.17) is 4.74 Å². The first-order valence-corrected chi connectivity index (χ1v) is 12.5. The van der Waals surface area contributed by atoms with Gasteiger partial charge in [-0.15, -0.1) is 0 Å². The quantitative estimate of drug-likeness (QED) is 0.639. The maximum atomic E-state index is 14.2. The van der Waals surface area contributed by atoms with Crippen LogP contribution in [0.1, 0.15) is 36.7 Å². The zero-order valence-electron chi connectivity index (χ0n) is 19.7. The Kier molecular flexibility index (Phi) is 8.06. The Hall–Kier alpha value is -2.82. The zero-order valence-corrected chi connectivity index (χ0v) is 20.5. The molecule has 0 fully saturated rings. The molecule has 0 saturated heterocycles. The monoisotopic (exact) mass is 491 g/mol. The molecule has 1 aromatic heterocycles. The lowest BCUT2D eigenvalue weighted by Gasteiger charge is -2.37. The second-order valence-electron chi connectivity index (χ2n) is 8.46. The van der Waals surface area contributed by atoms with Crippen LogP contribution < -0.4 is 4.74 Å². The Morgan fingerprint density at radius 2 is 2.09 bits per heavy atom. The Morgan fingerprint density at radius 1 is 1.38 bits per heavy atom. The van der Waals surface area contributed by atoms with E-state index in [0.29, 0.717) is 5.56 Å². The van der Waals surface area contributed by atoms with Crippen LogP contribution in [0.5, 0.6) is 5.88 Å². The highest BCUT2D eigenvalue weighted by Crippen LogP contribution is 2.28. The fourth-order valence-corrected chi connectivity index (χ4v) is 5.04. The predicted molar refractivity (Wildman–Crippen MR) is 126 cm³/mol. The number of benzene rings is 1. The molecule has 1 aliphatic rings. The second kappa shape index (κ2) is 10.6. The standard InChI is InChI=1S/C24H30FN3O5S/c1-5-8-18-11-19-23(26-12-18)33-21(16(2)13-28(24(19)30)17(3)15-29)14-27(4)34(31,32)22-10-7-6-9-20(22)25/h5-12,16-17,21,29H,13-15H2,1-4H3/t16-,17+,21+/m1/s1. The molecule has 3 rings (SSSR count). The van der Waals surface area contributed by atoms with Crippen molar-refractivity contribution in [3.63, 3.8) is 0 Å². The highest BCUT2D eigenvalue weighted by atomic mass is 32.2. The molecule has 184 valence electrons. The highest BCUT2D eigenvalue weighted by molar-refractivity contribution is 7.89. The Bertz CT molecular complexity index is 1170. The summed E-state index contributed by atoms with van der Waals surface area (Å²) in [6, 6.07) is 6.39. The average Bonchev–Trinajstić information content (AvgIpc) is 2.81. The van der Waals surface area contributed by atoms with Crippen molar-refractivity contribution in [1.29, 1.82) is 0 Å². The molecule has 3 atom stereocenters. The van der Waals surface area contributed by atoms with E-state index in [0.717, 1.165) is 10.4 Å². The van der Waals surface area contributed by atoms with Crippen LogP contribution in [0.2, 0.25) is 0 Å². The van der Waals surface area contributed by atoms with Crippen LogP contribution in [0, 0.1) is 11.7 Å². The molecule has 34 heavy (non-hydrogen) atoms. The zero-order chi connectivity index (χ0) is 25.0. The van der Waals surface area contributed by atoms with Crippen LogP contribution in [0.3, 0.4) is 0 Å². The third kappa shape index (κ3) is 5.29. The molecule has 0 spiro atoms. The molecule has 0 bridgehead atoms. The van der Waals surface area contributed by atoms with Crippen LogP contribution in [0.4, 0.5) is 4.39 Å². The van der Waals surface area contributed by atoms with E-state index < -0.39 is 32.9 Å². The van der Waals surface area contributed by atoms with Crippen molar-refractivity contribution in [3.05, 3.63) is 59.5 Å². The van der Waals surface area contributed by atoms with Crippen LogP contribution >= 0.6 is 0 Å². The van der Waals surface area contributed by atoms with Crippen LogP contribution in [-0.4, -0.2) is 72.5 Å². The third-order valence-electron chi connectivity index (χ3n) is 5.86. The van der Waals surface area contributed by atoms with Crippen molar-refractivity contribution < 1.29 is 27.4 Å².